The third-order valence-corrected chi connectivity index (χ3v) is 7.86. The average molecular weight is 497 g/mol. The monoisotopic (exact) mass is 496 g/mol. The summed E-state index contributed by atoms with van der Waals surface area (Å²) in [5.74, 6) is -0.113. The second kappa shape index (κ2) is 11.2. The van der Waals surface area contributed by atoms with Gasteiger partial charge < -0.3 is 10.1 Å². The van der Waals surface area contributed by atoms with Gasteiger partial charge in [-0.05, 0) is 63.6 Å². The SMILES string of the molecule is CC(C)OCCCn1c(SCC(=O)Nc2sc3c(c2C#N)CCCC3)nc2ccccc2c1=O. The Hall–Kier alpha value is -2.67. The number of hydrogen-bond acceptors (Lipinski definition) is 7. The number of thiophene rings is 1. The number of carbonyl (C=O) groups excluding carboxylic acids is 1. The van der Waals surface area contributed by atoms with Gasteiger partial charge in [0.2, 0.25) is 5.91 Å². The van der Waals surface area contributed by atoms with Crippen molar-refractivity contribution in [3.8, 4) is 6.07 Å². The Balaban J connectivity index is 1.50. The predicted octanol–water partition coefficient (Wildman–Crippen LogP) is 4.75. The molecule has 0 radical (unpaired) electrons. The van der Waals surface area contributed by atoms with Crippen LogP contribution in [-0.4, -0.2) is 33.9 Å². The van der Waals surface area contributed by atoms with Gasteiger partial charge in [0, 0.05) is 18.0 Å². The molecule has 0 bridgehead atoms. The lowest BCUT2D eigenvalue weighted by Crippen LogP contribution is -2.25. The van der Waals surface area contributed by atoms with Gasteiger partial charge in [-0.3, -0.25) is 14.2 Å². The van der Waals surface area contributed by atoms with Crippen LogP contribution in [0.3, 0.4) is 0 Å². The van der Waals surface area contributed by atoms with E-state index in [-0.39, 0.29) is 23.3 Å². The summed E-state index contributed by atoms with van der Waals surface area (Å²) < 4.78 is 7.25. The lowest BCUT2D eigenvalue weighted by molar-refractivity contribution is -0.113. The molecule has 1 amide bonds. The summed E-state index contributed by atoms with van der Waals surface area (Å²) in [6.45, 7) is 4.96. The molecule has 0 spiro atoms. The third-order valence-electron chi connectivity index (χ3n) is 5.67. The number of thioether (sulfide) groups is 1. The second-order valence-corrected chi connectivity index (χ2v) is 10.6. The zero-order valence-corrected chi connectivity index (χ0v) is 21.1. The largest absolute Gasteiger partial charge is 0.379 e. The molecule has 0 unspecified atom stereocenters. The van der Waals surface area contributed by atoms with Crippen molar-refractivity contribution in [2.75, 3.05) is 17.7 Å². The lowest BCUT2D eigenvalue weighted by Gasteiger charge is -2.14. The quantitative estimate of drug-likeness (QED) is 0.261. The molecule has 4 rings (SSSR count). The minimum Gasteiger partial charge on any atom is -0.379 e. The molecule has 0 atom stereocenters. The van der Waals surface area contributed by atoms with Crippen molar-refractivity contribution in [3.05, 3.63) is 50.6 Å². The molecule has 34 heavy (non-hydrogen) atoms. The standard InChI is InChI=1S/C25H28N4O3S2/c1-16(2)32-13-7-12-29-24(31)18-9-3-5-10-20(18)27-25(29)33-15-22(30)28-23-19(14-26)17-8-4-6-11-21(17)34-23/h3,5,9-10,16H,4,6-8,11-13,15H2,1-2H3,(H,28,30). The molecule has 1 aliphatic carbocycles. The van der Waals surface area contributed by atoms with E-state index >= 15 is 0 Å². The van der Waals surface area contributed by atoms with E-state index in [0.29, 0.717) is 46.2 Å². The number of aryl methyl sites for hydroxylation is 1. The molecule has 3 aromatic rings. The first kappa shape index (κ1) is 24.5. The van der Waals surface area contributed by atoms with E-state index in [1.54, 1.807) is 10.6 Å². The number of ether oxygens (including phenoxy) is 1. The van der Waals surface area contributed by atoms with Gasteiger partial charge in [-0.1, -0.05) is 23.9 Å². The number of para-hydroxylation sites is 1. The van der Waals surface area contributed by atoms with Crippen molar-refractivity contribution < 1.29 is 9.53 Å². The molecule has 2 heterocycles. The van der Waals surface area contributed by atoms with Crippen molar-refractivity contribution in [3.63, 3.8) is 0 Å². The normalized spacial score (nSPS) is 13.1. The summed E-state index contributed by atoms with van der Waals surface area (Å²) in [7, 11) is 0. The molecule has 9 heteroatoms. The molecule has 0 fully saturated rings. The van der Waals surface area contributed by atoms with Crippen LogP contribution in [0.25, 0.3) is 10.9 Å². The molecule has 0 saturated carbocycles. The number of fused-ring (bicyclic) bond motifs is 2. The molecule has 0 aliphatic heterocycles. The van der Waals surface area contributed by atoms with Gasteiger partial charge in [-0.25, -0.2) is 4.98 Å². The molecule has 1 N–H and O–H groups in total. The Labute approximate surface area is 207 Å². The number of rotatable bonds is 9. The van der Waals surface area contributed by atoms with Gasteiger partial charge in [-0.15, -0.1) is 11.3 Å². The molecule has 7 nitrogen and oxygen atoms in total. The van der Waals surface area contributed by atoms with Crippen molar-refractivity contribution in [1.29, 1.82) is 5.26 Å². The first-order valence-electron chi connectivity index (χ1n) is 11.6. The average Bonchev–Trinajstić information content (AvgIpc) is 3.18. The van der Waals surface area contributed by atoms with Crippen LogP contribution < -0.4 is 10.9 Å². The van der Waals surface area contributed by atoms with Crippen molar-refractivity contribution in [2.24, 2.45) is 0 Å². The van der Waals surface area contributed by atoms with Gasteiger partial charge in [0.05, 0.1) is 28.3 Å². The summed E-state index contributed by atoms with van der Waals surface area (Å²) in [6, 6.07) is 9.53. The molecule has 1 aliphatic rings. The number of hydrogen-bond donors (Lipinski definition) is 1. The van der Waals surface area contributed by atoms with E-state index in [9.17, 15) is 14.9 Å². The summed E-state index contributed by atoms with van der Waals surface area (Å²) in [5.41, 5.74) is 2.19. The maximum Gasteiger partial charge on any atom is 0.262 e. The van der Waals surface area contributed by atoms with Crippen LogP contribution in [-0.2, 0) is 28.9 Å². The van der Waals surface area contributed by atoms with Gasteiger partial charge in [0.15, 0.2) is 5.16 Å². The van der Waals surface area contributed by atoms with Crippen LogP contribution in [0.4, 0.5) is 5.00 Å². The van der Waals surface area contributed by atoms with E-state index < -0.39 is 0 Å². The number of nitrogens with zero attached hydrogens (tertiary/aromatic N) is 3. The van der Waals surface area contributed by atoms with E-state index in [2.05, 4.69) is 16.4 Å². The van der Waals surface area contributed by atoms with Crippen molar-refractivity contribution in [1.82, 2.24) is 9.55 Å². The van der Waals surface area contributed by atoms with Crippen LogP contribution in [0, 0.1) is 11.3 Å². The van der Waals surface area contributed by atoms with Crippen LogP contribution in [0.2, 0.25) is 0 Å². The number of aromatic nitrogens is 2. The maximum absolute atomic E-state index is 13.1. The molecule has 1 aromatic carbocycles. The number of amides is 1. The fourth-order valence-electron chi connectivity index (χ4n) is 4.06. The highest BCUT2D eigenvalue weighted by Gasteiger charge is 2.22. The number of nitriles is 1. The van der Waals surface area contributed by atoms with Crippen LogP contribution in [0.15, 0.2) is 34.2 Å². The van der Waals surface area contributed by atoms with Gasteiger partial charge in [-0.2, -0.15) is 5.26 Å². The van der Waals surface area contributed by atoms with Crippen molar-refractivity contribution in [2.45, 2.75) is 63.8 Å². The Morgan fingerprint density at radius 3 is 2.91 bits per heavy atom. The number of benzene rings is 1. The highest BCUT2D eigenvalue weighted by atomic mass is 32.2. The van der Waals surface area contributed by atoms with Gasteiger partial charge in [0.25, 0.3) is 5.56 Å². The minimum absolute atomic E-state index is 0.0979. The minimum atomic E-state index is -0.211. The molecule has 2 aromatic heterocycles. The van der Waals surface area contributed by atoms with E-state index in [1.165, 1.54) is 28.0 Å². The van der Waals surface area contributed by atoms with E-state index in [1.807, 2.05) is 32.0 Å². The molecule has 178 valence electrons. The smallest absolute Gasteiger partial charge is 0.262 e. The van der Waals surface area contributed by atoms with Crippen molar-refractivity contribution >= 4 is 44.9 Å². The molecular formula is C25H28N4O3S2. The summed E-state index contributed by atoms with van der Waals surface area (Å²) in [4.78, 5) is 31.8. The van der Waals surface area contributed by atoms with E-state index in [0.717, 1.165) is 31.2 Å². The van der Waals surface area contributed by atoms with Crippen LogP contribution in [0.5, 0.6) is 0 Å². The first-order valence-corrected chi connectivity index (χ1v) is 13.4. The predicted molar refractivity (Wildman–Crippen MR) is 137 cm³/mol. The first-order chi connectivity index (χ1) is 16.5. The number of carbonyl (C=O) groups is 1. The fraction of sp³-hybridized carbons (Fsp3) is 0.440. The van der Waals surface area contributed by atoms with E-state index in [4.69, 9.17) is 4.74 Å². The van der Waals surface area contributed by atoms with Gasteiger partial charge in [0.1, 0.15) is 11.1 Å². The maximum atomic E-state index is 13.1. The second-order valence-electron chi connectivity index (χ2n) is 8.51. The lowest BCUT2D eigenvalue weighted by atomic mass is 9.96. The Kier molecular flexibility index (Phi) is 8.03. The molecule has 0 saturated heterocycles. The summed E-state index contributed by atoms with van der Waals surface area (Å²) in [6.07, 6.45) is 4.86. The topological polar surface area (TPSA) is 97.0 Å². The molecular weight excluding hydrogens is 468 g/mol. The fourth-order valence-corrected chi connectivity index (χ4v) is 6.14. The Morgan fingerprint density at radius 1 is 1.32 bits per heavy atom. The van der Waals surface area contributed by atoms with Gasteiger partial charge >= 0.3 is 0 Å². The summed E-state index contributed by atoms with van der Waals surface area (Å²) in [5, 5.41) is 14.3. The zero-order chi connectivity index (χ0) is 24.1. The number of nitrogens with one attached hydrogen (secondary N) is 1. The zero-order valence-electron chi connectivity index (χ0n) is 19.4. The Morgan fingerprint density at radius 2 is 2.12 bits per heavy atom. The third kappa shape index (κ3) is 5.52. The number of anilines is 1. The Bertz CT molecular complexity index is 1290. The van der Waals surface area contributed by atoms with Crippen LogP contribution >= 0.6 is 23.1 Å². The van der Waals surface area contributed by atoms with Crippen LogP contribution in [0.1, 0.15) is 49.1 Å². The highest BCUT2D eigenvalue weighted by Crippen LogP contribution is 2.37. The highest BCUT2D eigenvalue weighted by molar-refractivity contribution is 7.99. The summed E-state index contributed by atoms with van der Waals surface area (Å²) >= 11 is 2.75.